The molecule has 0 aliphatic carbocycles. The third-order valence-electron chi connectivity index (χ3n) is 4.06. The Morgan fingerprint density at radius 2 is 1.87 bits per heavy atom. The van der Waals surface area contributed by atoms with E-state index < -0.39 is 0 Å². The van der Waals surface area contributed by atoms with Gasteiger partial charge in [-0.2, -0.15) is 0 Å². The largest absolute Gasteiger partial charge is 0.334 e. The Kier molecular flexibility index (Phi) is 4.42. The van der Waals surface area contributed by atoms with Crippen molar-refractivity contribution in [3.63, 3.8) is 0 Å². The van der Waals surface area contributed by atoms with Gasteiger partial charge in [0, 0.05) is 30.8 Å². The average Bonchev–Trinajstić information content (AvgIpc) is 2.86. The number of aryl methyl sites for hydroxylation is 1. The van der Waals surface area contributed by atoms with Gasteiger partial charge in [0.05, 0.1) is 0 Å². The molecule has 0 saturated carbocycles. The quantitative estimate of drug-likeness (QED) is 0.920. The molecule has 1 aliphatic heterocycles. The van der Waals surface area contributed by atoms with Crippen LogP contribution in [0.5, 0.6) is 0 Å². The highest BCUT2D eigenvalue weighted by Crippen LogP contribution is 2.22. The molecule has 2 amide bonds. The molecule has 3 rings (SSSR count). The van der Waals surface area contributed by atoms with Crippen LogP contribution in [0.15, 0.2) is 48.5 Å². The number of hydrogen-bond donors (Lipinski definition) is 1. The molecule has 1 heterocycles. The van der Waals surface area contributed by atoms with Crippen molar-refractivity contribution < 1.29 is 9.59 Å². The van der Waals surface area contributed by atoms with E-state index in [0.717, 1.165) is 22.4 Å². The number of benzene rings is 2. The van der Waals surface area contributed by atoms with E-state index in [1.807, 2.05) is 60.4 Å². The van der Waals surface area contributed by atoms with Crippen molar-refractivity contribution in [2.45, 2.75) is 26.3 Å². The van der Waals surface area contributed by atoms with Crippen LogP contribution in [0.1, 0.15) is 34.3 Å². The van der Waals surface area contributed by atoms with Crippen LogP contribution in [0.3, 0.4) is 0 Å². The fraction of sp³-hybridized carbons (Fsp3) is 0.263. The maximum Gasteiger partial charge on any atom is 0.254 e. The first-order chi connectivity index (χ1) is 11.1. The van der Waals surface area contributed by atoms with Gasteiger partial charge >= 0.3 is 0 Å². The maximum atomic E-state index is 12.2. The number of fused-ring (bicyclic) bond motifs is 1. The summed E-state index contributed by atoms with van der Waals surface area (Å²) in [7, 11) is 0. The lowest BCUT2D eigenvalue weighted by molar-refractivity contribution is -0.116. The van der Waals surface area contributed by atoms with Crippen LogP contribution in [-0.2, 0) is 11.3 Å². The number of rotatable bonds is 5. The Morgan fingerprint density at radius 3 is 2.61 bits per heavy atom. The van der Waals surface area contributed by atoms with Gasteiger partial charge in [0.2, 0.25) is 5.91 Å². The van der Waals surface area contributed by atoms with E-state index in [0.29, 0.717) is 25.9 Å². The third-order valence-corrected chi connectivity index (χ3v) is 4.06. The number of nitrogens with zero attached hydrogens (tertiary/aromatic N) is 1. The minimum absolute atomic E-state index is 0.0157. The Labute approximate surface area is 136 Å². The van der Waals surface area contributed by atoms with Crippen LogP contribution in [-0.4, -0.2) is 23.3 Å². The molecule has 0 fully saturated rings. The molecule has 0 saturated heterocycles. The van der Waals surface area contributed by atoms with E-state index in [1.54, 1.807) is 0 Å². The molecule has 1 aliphatic rings. The Balaban J connectivity index is 1.46. The summed E-state index contributed by atoms with van der Waals surface area (Å²) in [4.78, 5) is 26.0. The van der Waals surface area contributed by atoms with Crippen molar-refractivity contribution in [1.29, 1.82) is 0 Å². The Hall–Kier alpha value is -2.62. The van der Waals surface area contributed by atoms with E-state index in [-0.39, 0.29) is 11.8 Å². The van der Waals surface area contributed by atoms with Crippen LogP contribution >= 0.6 is 0 Å². The highest BCUT2D eigenvalue weighted by molar-refractivity contribution is 5.98. The molecule has 1 N–H and O–H groups in total. The molecule has 2 aromatic carbocycles. The molecule has 0 spiro atoms. The topological polar surface area (TPSA) is 49.4 Å². The Bertz CT molecular complexity index is 722. The van der Waals surface area contributed by atoms with E-state index in [2.05, 4.69) is 5.32 Å². The monoisotopic (exact) mass is 308 g/mol. The molecule has 118 valence electrons. The SMILES string of the molecule is Cc1ccc(NC(=O)CCCN2Cc3ccccc3C2=O)cc1. The number of carbonyl (C=O) groups excluding carboxylic acids is 2. The number of amides is 2. The summed E-state index contributed by atoms with van der Waals surface area (Å²) in [5.74, 6) is 0.0533. The van der Waals surface area contributed by atoms with Gasteiger partial charge in [-0.1, -0.05) is 35.9 Å². The molecule has 4 nitrogen and oxygen atoms in total. The maximum absolute atomic E-state index is 12.2. The van der Waals surface area contributed by atoms with Crippen LogP contribution < -0.4 is 5.32 Å². The molecule has 0 bridgehead atoms. The summed E-state index contributed by atoms with van der Waals surface area (Å²) in [5.41, 5.74) is 3.83. The summed E-state index contributed by atoms with van der Waals surface area (Å²) in [6.07, 6.45) is 1.07. The molecule has 0 atom stereocenters. The lowest BCUT2D eigenvalue weighted by atomic mass is 10.1. The zero-order valence-electron chi connectivity index (χ0n) is 13.2. The standard InChI is InChI=1S/C19H20N2O2/c1-14-8-10-16(11-9-14)20-18(22)7-4-12-21-13-15-5-2-3-6-17(15)19(21)23/h2-3,5-6,8-11H,4,7,12-13H2,1H3,(H,20,22). The van der Waals surface area contributed by atoms with Crippen molar-refractivity contribution in [2.24, 2.45) is 0 Å². The van der Waals surface area contributed by atoms with Crippen LogP contribution in [0.4, 0.5) is 5.69 Å². The zero-order chi connectivity index (χ0) is 16.2. The molecular weight excluding hydrogens is 288 g/mol. The normalized spacial score (nSPS) is 13.1. The first-order valence-corrected chi connectivity index (χ1v) is 7.87. The van der Waals surface area contributed by atoms with Gasteiger partial charge in [0.25, 0.3) is 5.91 Å². The van der Waals surface area contributed by atoms with Crippen molar-refractivity contribution in [2.75, 3.05) is 11.9 Å². The van der Waals surface area contributed by atoms with E-state index in [4.69, 9.17) is 0 Å². The van der Waals surface area contributed by atoms with Gasteiger partial charge in [-0.3, -0.25) is 9.59 Å². The van der Waals surface area contributed by atoms with Gasteiger partial charge in [-0.25, -0.2) is 0 Å². The van der Waals surface area contributed by atoms with Crippen molar-refractivity contribution in [1.82, 2.24) is 4.90 Å². The lowest BCUT2D eigenvalue weighted by Crippen LogP contribution is -2.26. The summed E-state index contributed by atoms with van der Waals surface area (Å²) in [6, 6.07) is 15.4. The fourth-order valence-electron chi connectivity index (χ4n) is 2.79. The van der Waals surface area contributed by atoms with Crippen LogP contribution in [0.2, 0.25) is 0 Å². The van der Waals surface area contributed by atoms with E-state index >= 15 is 0 Å². The van der Waals surface area contributed by atoms with Crippen LogP contribution in [0, 0.1) is 6.92 Å². The lowest BCUT2D eigenvalue weighted by Gasteiger charge is -2.15. The predicted molar refractivity (Wildman–Crippen MR) is 90.2 cm³/mol. The van der Waals surface area contributed by atoms with Crippen LogP contribution in [0.25, 0.3) is 0 Å². The second-order valence-electron chi connectivity index (χ2n) is 5.90. The van der Waals surface area contributed by atoms with Gasteiger partial charge in [-0.05, 0) is 37.1 Å². The van der Waals surface area contributed by atoms with Crippen molar-refractivity contribution >= 4 is 17.5 Å². The second-order valence-corrected chi connectivity index (χ2v) is 5.90. The molecule has 23 heavy (non-hydrogen) atoms. The highest BCUT2D eigenvalue weighted by Gasteiger charge is 2.26. The fourth-order valence-corrected chi connectivity index (χ4v) is 2.79. The highest BCUT2D eigenvalue weighted by atomic mass is 16.2. The minimum atomic E-state index is -0.0157. The third kappa shape index (κ3) is 3.59. The smallest absolute Gasteiger partial charge is 0.254 e. The first-order valence-electron chi connectivity index (χ1n) is 7.87. The molecule has 0 aromatic heterocycles. The minimum Gasteiger partial charge on any atom is -0.334 e. The summed E-state index contributed by atoms with van der Waals surface area (Å²) in [6.45, 7) is 3.26. The number of hydrogen-bond acceptors (Lipinski definition) is 2. The van der Waals surface area contributed by atoms with Crippen molar-refractivity contribution in [3.05, 3.63) is 65.2 Å². The average molecular weight is 308 g/mol. The number of nitrogens with one attached hydrogen (secondary N) is 1. The van der Waals surface area contributed by atoms with Gasteiger partial charge in [0.1, 0.15) is 0 Å². The predicted octanol–water partition coefficient (Wildman–Crippen LogP) is 3.37. The number of anilines is 1. The molecule has 4 heteroatoms. The molecule has 0 radical (unpaired) electrons. The molecule has 2 aromatic rings. The first kappa shape index (κ1) is 15.3. The molecule has 0 unspecified atom stereocenters. The number of carbonyl (C=O) groups is 2. The van der Waals surface area contributed by atoms with Gasteiger partial charge in [-0.15, -0.1) is 0 Å². The second kappa shape index (κ2) is 6.65. The van der Waals surface area contributed by atoms with Gasteiger partial charge in [0.15, 0.2) is 0 Å². The summed E-state index contributed by atoms with van der Waals surface area (Å²) in [5, 5.41) is 2.88. The molecular formula is C19H20N2O2. The summed E-state index contributed by atoms with van der Waals surface area (Å²) < 4.78 is 0. The zero-order valence-corrected chi connectivity index (χ0v) is 13.2. The van der Waals surface area contributed by atoms with Crippen molar-refractivity contribution in [3.8, 4) is 0 Å². The van der Waals surface area contributed by atoms with E-state index in [9.17, 15) is 9.59 Å². The summed E-state index contributed by atoms with van der Waals surface area (Å²) >= 11 is 0. The Morgan fingerprint density at radius 1 is 1.13 bits per heavy atom. The van der Waals surface area contributed by atoms with E-state index in [1.165, 1.54) is 0 Å². The van der Waals surface area contributed by atoms with Gasteiger partial charge < -0.3 is 10.2 Å².